The highest BCUT2D eigenvalue weighted by molar-refractivity contribution is 8.00. The predicted octanol–water partition coefficient (Wildman–Crippen LogP) is 4.15. The minimum absolute atomic E-state index is 0.319. The monoisotopic (exact) mass is 484 g/mol. The van der Waals surface area contributed by atoms with E-state index in [-0.39, 0.29) is 0 Å². The fourth-order valence-corrected chi connectivity index (χ4v) is 4.80. The second-order valence-electron chi connectivity index (χ2n) is 7.42. The Labute approximate surface area is 203 Å². The summed E-state index contributed by atoms with van der Waals surface area (Å²) in [6.45, 7) is 1.99. The largest absolute Gasteiger partial charge is 0.497 e. The number of hydrogen-bond acceptors (Lipinski definition) is 9. The van der Waals surface area contributed by atoms with Crippen LogP contribution in [0.25, 0.3) is 0 Å². The molecule has 0 saturated heterocycles. The van der Waals surface area contributed by atoms with Gasteiger partial charge in [0.1, 0.15) is 16.7 Å². The molecular formula is C25H28N2O6S. The Balaban J connectivity index is 2.18. The molecule has 9 heteroatoms. The second-order valence-corrected chi connectivity index (χ2v) is 8.49. The molecule has 0 radical (unpaired) electrons. The van der Waals surface area contributed by atoms with Crippen molar-refractivity contribution < 1.29 is 28.5 Å². The van der Waals surface area contributed by atoms with Crippen molar-refractivity contribution in [2.24, 2.45) is 0 Å². The fraction of sp³-hybridized carbons (Fsp3) is 0.320. The van der Waals surface area contributed by atoms with Crippen molar-refractivity contribution in [3.8, 4) is 23.3 Å². The van der Waals surface area contributed by atoms with Crippen LogP contribution in [0.15, 0.2) is 59.8 Å². The van der Waals surface area contributed by atoms with Crippen molar-refractivity contribution in [1.29, 1.82) is 0 Å². The lowest BCUT2D eigenvalue weighted by molar-refractivity contribution is -0.140. The molecular weight excluding hydrogens is 456 g/mol. The number of ether oxygens (including phenoxy) is 5. The van der Waals surface area contributed by atoms with E-state index in [1.807, 2.05) is 55.5 Å². The highest BCUT2D eigenvalue weighted by Crippen LogP contribution is 2.44. The highest BCUT2D eigenvalue weighted by atomic mass is 32.2. The summed E-state index contributed by atoms with van der Waals surface area (Å²) in [5.41, 5.74) is 0.933. The molecule has 3 rings (SSSR count). The van der Waals surface area contributed by atoms with E-state index in [9.17, 15) is 4.79 Å². The predicted molar refractivity (Wildman–Crippen MR) is 129 cm³/mol. The van der Waals surface area contributed by atoms with Gasteiger partial charge in [0.15, 0.2) is 5.16 Å². The standard InChI is InChI=1S/C25H28N2O6S/c1-25(16-7-11-18(29-2)12-8-16,17-9-13-19(30-3)14-10-17)22(23(28)33-6)34-24-26-20(31-4)15-21(27-24)32-5/h7-15,22H,1-6H3. The summed E-state index contributed by atoms with van der Waals surface area (Å²) in [5.74, 6) is 1.65. The highest BCUT2D eigenvalue weighted by Gasteiger charge is 2.44. The smallest absolute Gasteiger partial charge is 0.320 e. The molecule has 1 aromatic heterocycles. The average molecular weight is 485 g/mol. The van der Waals surface area contributed by atoms with Gasteiger partial charge >= 0.3 is 5.97 Å². The summed E-state index contributed by atoms with van der Waals surface area (Å²) < 4.78 is 26.5. The second kappa shape index (κ2) is 11.1. The first-order valence-electron chi connectivity index (χ1n) is 10.4. The summed E-state index contributed by atoms with van der Waals surface area (Å²) in [7, 11) is 7.60. The van der Waals surface area contributed by atoms with E-state index in [4.69, 9.17) is 23.7 Å². The lowest BCUT2D eigenvalue weighted by Crippen LogP contribution is -2.42. The van der Waals surface area contributed by atoms with E-state index in [2.05, 4.69) is 9.97 Å². The minimum atomic E-state index is -0.837. The number of esters is 1. The summed E-state index contributed by atoms with van der Waals surface area (Å²) in [6.07, 6.45) is 0. The molecule has 1 heterocycles. The van der Waals surface area contributed by atoms with Gasteiger partial charge in [-0.3, -0.25) is 4.79 Å². The number of aromatic nitrogens is 2. The zero-order valence-corrected chi connectivity index (χ0v) is 20.8. The Kier molecular flexibility index (Phi) is 8.22. The van der Waals surface area contributed by atoms with Crippen molar-refractivity contribution >= 4 is 17.7 Å². The summed E-state index contributed by atoms with van der Waals surface area (Å²) in [5, 5.41) is -0.434. The third kappa shape index (κ3) is 5.20. The van der Waals surface area contributed by atoms with Crippen LogP contribution >= 0.6 is 11.8 Å². The van der Waals surface area contributed by atoms with Gasteiger partial charge in [0.25, 0.3) is 0 Å². The van der Waals surface area contributed by atoms with Crippen LogP contribution in [0.4, 0.5) is 0 Å². The zero-order chi connectivity index (χ0) is 24.7. The van der Waals surface area contributed by atoms with E-state index >= 15 is 0 Å². The average Bonchev–Trinajstić information content (AvgIpc) is 2.90. The molecule has 0 aliphatic rings. The molecule has 0 bridgehead atoms. The first kappa shape index (κ1) is 25.2. The van der Waals surface area contributed by atoms with Gasteiger partial charge < -0.3 is 23.7 Å². The summed E-state index contributed by atoms with van der Waals surface area (Å²) in [6, 6.07) is 16.8. The molecule has 0 N–H and O–H groups in total. The normalized spacial score (nSPS) is 11.9. The number of benzene rings is 2. The Morgan fingerprint density at radius 1 is 0.765 bits per heavy atom. The lowest BCUT2D eigenvalue weighted by atomic mass is 9.73. The molecule has 0 amide bonds. The molecule has 2 aromatic carbocycles. The fourth-order valence-electron chi connectivity index (χ4n) is 3.60. The van der Waals surface area contributed by atoms with E-state index < -0.39 is 16.6 Å². The molecule has 3 aromatic rings. The molecule has 0 spiro atoms. The summed E-state index contributed by atoms with van der Waals surface area (Å²) in [4.78, 5) is 22.1. The molecule has 180 valence electrons. The van der Waals surface area contributed by atoms with Crippen molar-refractivity contribution in [2.75, 3.05) is 35.5 Å². The number of hydrogen-bond donors (Lipinski definition) is 0. The van der Waals surface area contributed by atoms with Gasteiger partial charge in [0.2, 0.25) is 11.8 Å². The van der Waals surface area contributed by atoms with Crippen LogP contribution in [0.1, 0.15) is 18.1 Å². The quantitative estimate of drug-likeness (QED) is 0.239. The number of rotatable bonds is 10. The SMILES string of the molecule is COC(=O)C(Sc1nc(OC)cc(OC)n1)C(C)(c1ccc(OC)cc1)c1ccc(OC)cc1. The van der Waals surface area contributed by atoms with Crippen LogP contribution in [0.5, 0.6) is 23.3 Å². The van der Waals surface area contributed by atoms with Crippen LogP contribution in [-0.4, -0.2) is 56.7 Å². The number of carbonyl (C=O) groups excluding carboxylic acids is 1. The lowest BCUT2D eigenvalue weighted by Gasteiger charge is -2.36. The first-order valence-corrected chi connectivity index (χ1v) is 11.3. The van der Waals surface area contributed by atoms with Crippen LogP contribution < -0.4 is 18.9 Å². The minimum Gasteiger partial charge on any atom is -0.497 e. The van der Waals surface area contributed by atoms with Crippen molar-refractivity contribution in [3.05, 3.63) is 65.7 Å². The Morgan fingerprint density at radius 2 is 1.21 bits per heavy atom. The third-order valence-corrected chi connectivity index (χ3v) is 6.91. The number of carbonyl (C=O) groups is 1. The Hall–Kier alpha value is -3.46. The first-order chi connectivity index (χ1) is 16.4. The van der Waals surface area contributed by atoms with E-state index in [1.54, 1.807) is 20.3 Å². The van der Waals surface area contributed by atoms with Gasteiger partial charge in [0, 0.05) is 5.41 Å². The van der Waals surface area contributed by atoms with Gasteiger partial charge in [-0.1, -0.05) is 36.0 Å². The van der Waals surface area contributed by atoms with Gasteiger partial charge in [-0.25, -0.2) is 0 Å². The summed E-state index contributed by atoms with van der Waals surface area (Å²) >= 11 is 1.18. The maximum Gasteiger partial charge on any atom is 0.320 e. The molecule has 34 heavy (non-hydrogen) atoms. The number of thioether (sulfide) groups is 1. The topological polar surface area (TPSA) is 89.0 Å². The Morgan fingerprint density at radius 3 is 1.56 bits per heavy atom. The van der Waals surface area contributed by atoms with E-state index in [1.165, 1.54) is 33.1 Å². The van der Waals surface area contributed by atoms with Crippen molar-refractivity contribution in [2.45, 2.75) is 22.7 Å². The van der Waals surface area contributed by atoms with Crippen molar-refractivity contribution in [1.82, 2.24) is 9.97 Å². The van der Waals surface area contributed by atoms with Gasteiger partial charge in [0.05, 0.1) is 41.6 Å². The van der Waals surface area contributed by atoms with E-state index in [0.717, 1.165) is 11.1 Å². The molecule has 0 aliphatic carbocycles. The third-order valence-electron chi connectivity index (χ3n) is 5.62. The number of methoxy groups -OCH3 is 5. The van der Waals surface area contributed by atoms with Gasteiger partial charge in [-0.2, -0.15) is 9.97 Å². The molecule has 0 saturated carbocycles. The molecule has 0 aliphatic heterocycles. The zero-order valence-electron chi connectivity index (χ0n) is 20.0. The molecule has 8 nitrogen and oxygen atoms in total. The van der Waals surface area contributed by atoms with Crippen molar-refractivity contribution in [3.63, 3.8) is 0 Å². The van der Waals surface area contributed by atoms with Crippen LogP contribution in [0, 0.1) is 0 Å². The van der Waals surface area contributed by atoms with Crippen LogP contribution in [-0.2, 0) is 14.9 Å². The molecule has 1 unspecified atom stereocenters. The van der Waals surface area contributed by atoms with Gasteiger partial charge in [-0.05, 0) is 42.3 Å². The van der Waals surface area contributed by atoms with Gasteiger partial charge in [-0.15, -0.1) is 0 Å². The molecule has 1 atom stereocenters. The maximum absolute atomic E-state index is 13.3. The molecule has 0 fully saturated rings. The Bertz CT molecular complexity index is 1040. The van der Waals surface area contributed by atoms with Crippen LogP contribution in [0.3, 0.4) is 0 Å². The van der Waals surface area contributed by atoms with Crippen LogP contribution in [0.2, 0.25) is 0 Å². The maximum atomic E-state index is 13.3. The number of nitrogens with zero attached hydrogens (tertiary/aromatic N) is 2. The van der Waals surface area contributed by atoms with E-state index in [0.29, 0.717) is 28.4 Å².